The third kappa shape index (κ3) is 3.41. The third-order valence-electron chi connectivity index (χ3n) is 4.57. The van der Waals surface area contributed by atoms with Crippen molar-refractivity contribution < 1.29 is 9.59 Å². The summed E-state index contributed by atoms with van der Waals surface area (Å²) in [6.45, 7) is 4.67. The van der Waals surface area contributed by atoms with Gasteiger partial charge in [0.15, 0.2) is 0 Å². The molecule has 3 rings (SSSR count). The zero-order valence-electron chi connectivity index (χ0n) is 13.5. The highest BCUT2D eigenvalue weighted by atomic mass is 16.2. The molecule has 6 heteroatoms. The second kappa shape index (κ2) is 6.89. The number of nitrogens with zero attached hydrogens (tertiary/aromatic N) is 2. The molecule has 2 N–H and O–H groups in total. The van der Waals surface area contributed by atoms with Crippen molar-refractivity contribution in [2.45, 2.75) is 32.2 Å². The number of nitrogens with one attached hydrogen (secondary N) is 2. The zero-order valence-corrected chi connectivity index (χ0v) is 13.5. The Kier molecular flexibility index (Phi) is 4.69. The number of carbonyl (C=O) groups is 2. The van der Waals surface area contributed by atoms with Crippen molar-refractivity contribution in [1.29, 1.82) is 0 Å². The van der Waals surface area contributed by atoms with E-state index < -0.39 is 0 Å². The molecule has 0 unspecified atom stereocenters. The molecule has 2 aliphatic heterocycles. The summed E-state index contributed by atoms with van der Waals surface area (Å²) in [6.07, 6.45) is 2.52. The molecule has 23 heavy (non-hydrogen) atoms. The Labute approximate surface area is 136 Å². The van der Waals surface area contributed by atoms with E-state index >= 15 is 0 Å². The van der Waals surface area contributed by atoms with Gasteiger partial charge in [-0.2, -0.15) is 0 Å². The van der Waals surface area contributed by atoms with Crippen LogP contribution in [-0.2, 0) is 6.42 Å². The molecule has 0 bridgehead atoms. The smallest absolute Gasteiger partial charge is 0.322 e. The predicted molar refractivity (Wildman–Crippen MR) is 89.7 cm³/mol. The Balaban J connectivity index is 1.52. The highest BCUT2D eigenvalue weighted by molar-refractivity contribution is 5.94. The monoisotopic (exact) mass is 316 g/mol. The Bertz CT molecular complexity index is 582. The summed E-state index contributed by atoms with van der Waals surface area (Å²) >= 11 is 0. The number of rotatable bonds is 2. The summed E-state index contributed by atoms with van der Waals surface area (Å²) < 4.78 is 0. The lowest BCUT2D eigenvalue weighted by molar-refractivity contribution is 0.177. The maximum atomic E-state index is 12.5. The lowest BCUT2D eigenvalue weighted by atomic mass is 10.1. The number of benzene rings is 1. The minimum Gasteiger partial charge on any atom is -0.338 e. The number of para-hydroxylation sites is 1. The molecular formula is C17H24N4O2. The van der Waals surface area contributed by atoms with Gasteiger partial charge < -0.3 is 15.5 Å². The van der Waals surface area contributed by atoms with Crippen LogP contribution in [0.1, 0.15) is 25.3 Å². The molecule has 1 aromatic carbocycles. The number of piperidine rings is 1. The number of fused-ring (bicyclic) bond motifs is 1. The normalized spacial score (nSPS) is 17.8. The summed E-state index contributed by atoms with van der Waals surface area (Å²) in [5.41, 5.74) is 2.25. The van der Waals surface area contributed by atoms with E-state index in [1.54, 1.807) is 0 Å². The fourth-order valence-corrected chi connectivity index (χ4v) is 3.29. The van der Waals surface area contributed by atoms with Crippen molar-refractivity contribution in [1.82, 2.24) is 15.5 Å². The van der Waals surface area contributed by atoms with E-state index in [0.29, 0.717) is 19.6 Å². The van der Waals surface area contributed by atoms with Gasteiger partial charge in [-0.3, -0.25) is 4.90 Å². The van der Waals surface area contributed by atoms with Gasteiger partial charge in [-0.1, -0.05) is 18.2 Å². The molecule has 1 saturated heterocycles. The zero-order chi connectivity index (χ0) is 16.2. The highest BCUT2D eigenvalue weighted by Crippen LogP contribution is 2.27. The Hall–Kier alpha value is -2.24. The van der Waals surface area contributed by atoms with E-state index in [0.717, 1.165) is 31.5 Å². The van der Waals surface area contributed by atoms with Crippen LogP contribution in [0, 0.1) is 0 Å². The van der Waals surface area contributed by atoms with Gasteiger partial charge in [0.05, 0.1) is 0 Å². The van der Waals surface area contributed by atoms with Gasteiger partial charge in [-0.25, -0.2) is 9.59 Å². The van der Waals surface area contributed by atoms with Crippen LogP contribution in [0.5, 0.6) is 0 Å². The summed E-state index contributed by atoms with van der Waals surface area (Å²) in [5, 5.41) is 5.94. The van der Waals surface area contributed by atoms with Gasteiger partial charge in [0.2, 0.25) is 0 Å². The van der Waals surface area contributed by atoms with Gasteiger partial charge in [-0.05, 0) is 37.8 Å². The molecule has 0 spiro atoms. The third-order valence-corrected chi connectivity index (χ3v) is 4.57. The number of hydrogen-bond donors (Lipinski definition) is 2. The Morgan fingerprint density at radius 3 is 2.61 bits per heavy atom. The number of hydrogen-bond acceptors (Lipinski definition) is 2. The summed E-state index contributed by atoms with van der Waals surface area (Å²) in [7, 11) is 0. The van der Waals surface area contributed by atoms with Crippen molar-refractivity contribution in [2.24, 2.45) is 0 Å². The maximum Gasteiger partial charge on any atom is 0.322 e. The predicted octanol–water partition coefficient (Wildman–Crippen LogP) is 1.95. The first-order valence-electron chi connectivity index (χ1n) is 8.37. The Morgan fingerprint density at radius 2 is 1.87 bits per heavy atom. The van der Waals surface area contributed by atoms with Crippen molar-refractivity contribution in [2.75, 3.05) is 31.1 Å². The number of amides is 4. The minimum atomic E-state index is -0.0218. The minimum absolute atomic E-state index is 0.00857. The standard InChI is InChI=1S/C17H24N4O2/c1-2-18-16(22)20-10-8-14(9-11-20)19-17(23)21-12-7-13-5-3-4-6-15(13)21/h3-6,14H,2,7-12H2,1H3,(H,18,22)(H,19,23). The van der Waals surface area contributed by atoms with Crippen molar-refractivity contribution in [3.8, 4) is 0 Å². The van der Waals surface area contributed by atoms with Gasteiger partial charge in [0, 0.05) is 37.9 Å². The molecule has 0 radical (unpaired) electrons. The van der Waals surface area contributed by atoms with Crippen LogP contribution < -0.4 is 15.5 Å². The fourth-order valence-electron chi connectivity index (χ4n) is 3.29. The fraction of sp³-hybridized carbons (Fsp3) is 0.529. The van der Waals surface area contributed by atoms with Gasteiger partial charge in [-0.15, -0.1) is 0 Å². The van der Waals surface area contributed by atoms with Crippen molar-refractivity contribution in [3.63, 3.8) is 0 Å². The van der Waals surface area contributed by atoms with E-state index in [1.165, 1.54) is 5.56 Å². The summed E-state index contributed by atoms with van der Waals surface area (Å²) in [5.74, 6) is 0. The average molecular weight is 316 g/mol. The lowest BCUT2D eigenvalue weighted by Crippen LogP contribution is -2.51. The van der Waals surface area contributed by atoms with E-state index in [2.05, 4.69) is 16.7 Å². The van der Waals surface area contributed by atoms with Crippen molar-refractivity contribution in [3.05, 3.63) is 29.8 Å². The molecule has 6 nitrogen and oxygen atoms in total. The molecule has 0 aliphatic carbocycles. The average Bonchev–Trinajstić information content (AvgIpc) is 3.00. The first-order chi connectivity index (χ1) is 11.2. The number of urea groups is 2. The highest BCUT2D eigenvalue weighted by Gasteiger charge is 2.28. The molecule has 1 aromatic rings. The molecule has 0 atom stereocenters. The van der Waals surface area contributed by atoms with Crippen LogP contribution in [0.15, 0.2) is 24.3 Å². The van der Waals surface area contributed by atoms with E-state index in [4.69, 9.17) is 0 Å². The molecule has 1 fully saturated rings. The van der Waals surface area contributed by atoms with Crippen LogP contribution in [-0.4, -0.2) is 49.2 Å². The molecular weight excluding hydrogens is 292 g/mol. The Morgan fingerprint density at radius 1 is 1.13 bits per heavy atom. The lowest BCUT2D eigenvalue weighted by Gasteiger charge is -2.33. The topological polar surface area (TPSA) is 64.7 Å². The number of anilines is 1. The van der Waals surface area contributed by atoms with Crippen LogP contribution in [0.2, 0.25) is 0 Å². The molecule has 0 aromatic heterocycles. The van der Waals surface area contributed by atoms with Crippen LogP contribution in [0.25, 0.3) is 0 Å². The summed E-state index contributed by atoms with van der Waals surface area (Å²) in [4.78, 5) is 28.0. The van der Waals surface area contributed by atoms with E-state index in [9.17, 15) is 9.59 Å². The molecule has 124 valence electrons. The van der Waals surface area contributed by atoms with E-state index in [-0.39, 0.29) is 18.1 Å². The van der Waals surface area contributed by atoms with Gasteiger partial charge in [0.1, 0.15) is 0 Å². The SMILES string of the molecule is CCNC(=O)N1CCC(NC(=O)N2CCc3ccccc32)CC1. The van der Waals surface area contributed by atoms with Crippen molar-refractivity contribution >= 4 is 17.7 Å². The van der Waals surface area contributed by atoms with Crippen LogP contribution >= 0.6 is 0 Å². The second-order valence-corrected chi connectivity index (χ2v) is 6.08. The number of likely N-dealkylation sites (tertiary alicyclic amines) is 1. The molecule has 2 aliphatic rings. The second-order valence-electron chi connectivity index (χ2n) is 6.08. The van der Waals surface area contributed by atoms with Gasteiger partial charge in [0.25, 0.3) is 0 Å². The maximum absolute atomic E-state index is 12.5. The molecule has 0 saturated carbocycles. The molecule has 4 amide bonds. The molecule has 2 heterocycles. The van der Waals surface area contributed by atoms with Crippen LogP contribution in [0.4, 0.5) is 15.3 Å². The quantitative estimate of drug-likeness (QED) is 0.876. The summed E-state index contributed by atoms with van der Waals surface area (Å²) in [6, 6.07) is 8.16. The van der Waals surface area contributed by atoms with Gasteiger partial charge >= 0.3 is 12.1 Å². The number of carbonyl (C=O) groups excluding carboxylic acids is 2. The largest absolute Gasteiger partial charge is 0.338 e. The van der Waals surface area contributed by atoms with E-state index in [1.807, 2.05) is 34.9 Å². The first kappa shape index (κ1) is 15.6. The first-order valence-corrected chi connectivity index (χ1v) is 8.37. The van der Waals surface area contributed by atoms with Crippen LogP contribution in [0.3, 0.4) is 0 Å².